The topological polar surface area (TPSA) is 21.3 Å². The van der Waals surface area contributed by atoms with Crippen molar-refractivity contribution in [3.63, 3.8) is 0 Å². The van der Waals surface area contributed by atoms with Gasteiger partial charge in [-0.05, 0) is 19.1 Å². The number of nitrogens with one attached hydrogen (secondary N) is 1. The predicted molar refractivity (Wildman–Crippen MR) is 69.5 cm³/mol. The number of benzene rings is 1. The second-order valence-electron chi connectivity index (χ2n) is 4.82. The Balaban J connectivity index is 0.00000144. The van der Waals surface area contributed by atoms with Gasteiger partial charge < -0.3 is 10.1 Å². The predicted octanol–water partition coefficient (Wildman–Crippen LogP) is 3.03. The van der Waals surface area contributed by atoms with Crippen molar-refractivity contribution in [3.05, 3.63) is 29.1 Å². The van der Waals surface area contributed by atoms with Crippen LogP contribution in [-0.4, -0.2) is 13.2 Å². The van der Waals surface area contributed by atoms with Gasteiger partial charge in [0.05, 0.1) is 6.61 Å². The van der Waals surface area contributed by atoms with Crippen molar-refractivity contribution in [2.24, 2.45) is 0 Å². The van der Waals surface area contributed by atoms with E-state index in [1.54, 1.807) is 6.07 Å². The van der Waals surface area contributed by atoms with Crippen molar-refractivity contribution in [2.75, 3.05) is 13.2 Å². The second kappa shape index (κ2) is 5.23. The second-order valence-corrected chi connectivity index (χ2v) is 4.82. The lowest BCUT2D eigenvalue weighted by atomic mass is 9.78. The Morgan fingerprint density at radius 3 is 2.76 bits per heavy atom. The molecule has 0 bridgehead atoms. The minimum Gasteiger partial charge on any atom is -0.494 e. The van der Waals surface area contributed by atoms with Gasteiger partial charge in [0.15, 0.2) is 0 Å². The highest BCUT2D eigenvalue weighted by Gasteiger charge is 2.32. The Morgan fingerprint density at radius 2 is 2.12 bits per heavy atom. The molecule has 0 aromatic heterocycles. The van der Waals surface area contributed by atoms with E-state index in [1.807, 2.05) is 6.92 Å². The Morgan fingerprint density at radius 1 is 1.41 bits per heavy atom. The quantitative estimate of drug-likeness (QED) is 0.882. The van der Waals surface area contributed by atoms with Gasteiger partial charge in [-0.15, -0.1) is 12.4 Å². The first-order valence-corrected chi connectivity index (χ1v) is 5.71. The molecule has 0 spiro atoms. The molecular formula is C13H19ClFNO. The molecule has 0 saturated carbocycles. The summed E-state index contributed by atoms with van der Waals surface area (Å²) in [6.45, 7) is 8.14. The summed E-state index contributed by atoms with van der Waals surface area (Å²) in [7, 11) is 0. The van der Waals surface area contributed by atoms with Crippen LogP contribution in [0.15, 0.2) is 12.1 Å². The van der Waals surface area contributed by atoms with E-state index in [-0.39, 0.29) is 23.6 Å². The zero-order valence-electron chi connectivity index (χ0n) is 10.5. The first kappa shape index (κ1) is 14.3. The molecule has 1 aliphatic rings. The van der Waals surface area contributed by atoms with Crippen LogP contribution < -0.4 is 10.1 Å². The van der Waals surface area contributed by atoms with Gasteiger partial charge in [0.1, 0.15) is 11.6 Å². The molecule has 0 radical (unpaired) electrons. The molecule has 2 rings (SSSR count). The molecule has 17 heavy (non-hydrogen) atoms. The minimum atomic E-state index is -0.176. The maximum Gasteiger partial charge on any atom is 0.127 e. The maximum absolute atomic E-state index is 13.9. The highest BCUT2D eigenvalue weighted by Crippen LogP contribution is 2.36. The van der Waals surface area contributed by atoms with Gasteiger partial charge in [-0.1, -0.05) is 13.8 Å². The molecule has 0 saturated heterocycles. The fourth-order valence-electron chi connectivity index (χ4n) is 2.39. The third-order valence-electron chi connectivity index (χ3n) is 3.06. The first-order chi connectivity index (χ1) is 7.56. The van der Waals surface area contributed by atoms with Gasteiger partial charge in [-0.25, -0.2) is 4.39 Å². The summed E-state index contributed by atoms with van der Waals surface area (Å²) in [5.74, 6) is 0.684. The van der Waals surface area contributed by atoms with Crippen LogP contribution in [0.25, 0.3) is 0 Å². The van der Waals surface area contributed by atoms with Crippen LogP contribution in [0.4, 0.5) is 4.39 Å². The lowest BCUT2D eigenvalue weighted by Gasteiger charge is -2.34. The Kier molecular flexibility index (Phi) is 4.39. The van der Waals surface area contributed by atoms with Gasteiger partial charge in [-0.3, -0.25) is 0 Å². The summed E-state index contributed by atoms with van der Waals surface area (Å²) in [6, 6.07) is 3.23. The Labute approximate surface area is 108 Å². The van der Waals surface area contributed by atoms with E-state index in [9.17, 15) is 4.39 Å². The van der Waals surface area contributed by atoms with Crippen molar-refractivity contribution >= 4 is 12.4 Å². The van der Waals surface area contributed by atoms with Crippen molar-refractivity contribution in [1.29, 1.82) is 0 Å². The standard InChI is InChI=1S/C13H18FNO.ClH/c1-4-16-11-6-5-10(14)12-9(11)7-15-8-13(12,2)3;/h5-6,15H,4,7-8H2,1-3H3;1H. The highest BCUT2D eigenvalue weighted by atomic mass is 35.5. The largest absolute Gasteiger partial charge is 0.494 e. The van der Waals surface area contributed by atoms with E-state index in [2.05, 4.69) is 19.2 Å². The van der Waals surface area contributed by atoms with Crippen LogP contribution >= 0.6 is 12.4 Å². The molecule has 1 N–H and O–H groups in total. The third-order valence-corrected chi connectivity index (χ3v) is 3.06. The van der Waals surface area contributed by atoms with Gasteiger partial charge in [-0.2, -0.15) is 0 Å². The molecule has 1 heterocycles. The van der Waals surface area contributed by atoms with Crippen LogP contribution in [-0.2, 0) is 12.0 Å². The van der Waals surface area contributed by atoms with Crippen LogP contribution in [0.1, 0.15) is 31.9 Å². The molecule has 2 nitrogen and oxygen atoms in total. The molecule has 0 fully saturated rings. The van der Waals surface area contributed by atoms with Gasteiger partial charge in [0, 0.05) is 29.6 Å². The molecule has 1 aliphatic heterocycles. The van der Waals surface area contributed by atoms with Gasteiger partial charge in [0.2, 0.25) is 0 Å². The normalized spacial score (nSPS) is 16.9. The first-order valence-electron chi connectivity index (χ1n) is 5.71. The van der Waals surface area contributed by atoms with Gasteiger partial charge >= 0.3 is 0 Å². The van der Waals surface area contributed by atoms with Gasteiger partial charge in [0.25, 0.3) is 0 Å². The lowest BCUT2D eigenvalue weighted by Crippen LogP contribution is -2.39. The SMILES string of the molecule is CCOc1ccc(F)c2c1CNCC2(C)C.Cl. The molecule has 4 heteroatoms. The molecule has 1 aromatic carbocycles. The van der Waals surface area contributed by atoms with Crippen LogP contribution in [0.2, 0.25) is 0 Å². The van der Waals surface area contributed by atoms with Crippen molar-refractivity contribution in [3.8, 4) is 5.75 Å². The van der Waals surface area contributed by atoms with Crippen molar-refractivity contribution < 1.29 is 9.13 Å². The van der Waals surface area contributed by atoms with E-state index < -0.39 is 0 Å². The van der Waals surface area contributed by atoms with E-state index in [0.717, 1.165) is 23.4 Å². The number of fused-ring (bicyclic) bond motifs is 1. The molecule has 0 atom stereocenters. The van der Waals surface area contributed by atoms with Crippen molar-refractivity contribution in [2.45, 2.75) is 32.7 Å². The summed E-state index contributed by atoms with van der Waals surface area (Å²) >= 11 is 0. The number of rotatable bonds is 2. The van der Waals surface area contributed by atoms with E-state index in [1.165, 1.54) is 6.07 Å². The smallest absolute Gasteiger partial charge is 0.127 e. The molecular weight excluding hydrogens is 241 g/mol. The molecule has 1 aromatic rings. The number of hydrogen-bond donors (Lipinski definition) is 1. The summed E-state index contributed by atoms with van der Waals surface area (Å²) in [6.07, 6.45) is 0. The fraction of sp³-hybridized carbons (Fsp3) is 0.538. The fourth-order valence-corrected chi connectivity index (χ4v) is 2.39. The number of hydrogen-bond acceptors (Lipinski definition) is 2. The maximum atomic E-state index is 13.9. The zero-order valence-corrected chi connectivity index (χ0v) is 11.3. The van der Waals surface area contributed by atoms with Crippen LogP contribution in [0.5, 0.6) is 5.75 Å². The molecule has 96 valence electrons. The summed E-state index contributed by atoms with van der Waals surface area (Å²) < 4.78 is 19.4. The monoisotopic (exact) mass is 259 g/mol. The highest BCUT2D eigenvalue weighted by molar-refractivity contribution is 5.85. The minimum absolute atomic E-state index is 0. The molecule has 0 unspecified atom stereocenters. The van der Waals surface area contributed by atoms with Crippen LogP contribution in [0, 0.1) is 5.82 Å². The van der Waals surface area contributed by atoms with Crippen LogP contribution in [0.3, 0.4) is 0 Å². The average molecular weight is 260 g/mol. The average Bonchev–Trinajstić information content (AvgIpc) is 2.21. The molecule has 0 amide bonds. The number of ether oxygens (including phenoxy) is 1. The van der Waals surface area contributed by atoms with Crippen molar-refractivity contribution in [1.82, 2.24) is 5.32 Å². The lowest BCUT2D eigenvalue weighted by molar-refractivity contribution is 0.324. The summed E-state index contributed by atoms with van der Waals surface area (Å²) in [5, 5.41) is 3.31. The molecule has 0 aliphatic carbocycles. The summed E-state index contributed by atoms with van der Waals surface area (Å²) in [5.41, 5.74) is 1.60. The van der Waals surface area contributed by atoms with E-state index in [4.69, 9.17) is 4.74 Å². The number of halogens is 2. The van der Waals surface area contributed by atoms with E-state index in [0.29, 0.717) is 13.2 Å². The Hall–Kier alpha value is -0.800. The Bertz CT molecular complexity index is 407. The van der Waals surface area contributed by atoms with E-state index >= 15 is 0 Å². The zero-order chi connectivity index (χ0) is 11.8. The third kappa shape index (κ3) is 2.55. The summed E-state index contributed by atoms with van der Waals surface area (Å²) in [4.78, 5) is 0.